The van der Waals surface area contributed by atoms with E-state index < -0.39 is 24.4 Å². The summed E-state index contributed by atoms with van der Waals surface area (Å²) in [5, 5.41) is 21.8. The first-order chi connectivity index (χ1) is 21.8. The SMILES string of the molecule is COc1ccc(OC)c(C(c2ccccc2)C(CC(C)O)OC(CC(C)O)C(c2ccccc2)c2cc(OC)ccc2OC)c1. The van der Waals surface area contributed by atoms with Crippen molar-refractivity contribution in [2.45, 2.75) is 62.9 Å². The fraction of sp³-hybridized carbons (Fsp3) is 0.368. The maximum Gasteiger partial charge on any atom is 0.123 e. The first-order valence-corrected chi connectivity index (χ1v) is 15.3. The molecule has 0 aliphatic rings. The fourth-order valence-electron chi connectivity index (χ4n) is 6.11. The van der Waals surface area contributed by atoms with E-state index in [1.807, 2.05) is 72.8 Å². The number of rotatable bonds is 16. The zero-order valence-corrected chi connectivity index (χ0v) is 27.1. The van der Waals surface area contributed by atoms with Crippen LogP contribution in [-0.4, -0.2) is 63.1 Å². The minimum Gasteiger partial charge on any atom is -0.497 e. The van der Waals surface area contributed by atoms with Gasteiger partial charge >= 0.3 is 0 Å². The Labute approximate surface area is 267 Å². The summed E-state index contributed by atoms with van der Waals surface area (Å²) in [7, 11) is 6.57. The van der Waals surface area contributed by atoms with Crippen molar-refractivity contribution in [1.29, 1.82) is 0 Å². The molecule has 0 amide bonds. The lowest BCUT2D eigenvalue weighted by Gasteiger charge is -2.37. The van der Waals surface area contributed by atoms with Crippen LogP contribution in [0.4, 0.5) is 0 Å². The highest BCUT2D eigenvalue weighted by atomic mass is 16.5. The van der Waals surface area contributed by atoms with Gasteiger partial charge in [0.15, 0.2) is 0 Å². The Kier molecular flexibility index (Phi) is 12.3. The van der Waals surface area contributed by atoms with Crippen molar-refractivity contribution in [3.05, 3.63) is 119 Å². The van der Waals surface area contributed by atoms with E-state index in [4.69, 9.17) is 23.7 Å². The molecule has 7 heteroatoms. The van der Waals surface area contributed by atoms with E-state index in [0.29, 0.717) is 35.8 Å². The van der Waals surface area contributed by atoms with E-state index in [1.165, 1.54) is 0 Å². The molecular formula is C38H46O7. The Balaban J connectivity index is 1.94. The summed E-state index contributed by atoms with van der Waals surface area (Å²) in [6.07, 6.45) is -1.75. The predicted octanol–water partition coefficient (Wildman–Crippen LogP) is 6.98. The van der Waals surface area contributed by atoms with Gasteiger partial charge in [-0.1, -0.05) is 60.7 Å². The number of methoxy groups -OCH3 is 4. The number of benzene rings is 4. The predicted molar refractivity (Wildman–Crippen MR) is 177 cm³/mol. The third kappa shape index (κ3) is 8.57. The van der Waals surface area contributed by atoms with Crippen LogP contribution in [0.1, 0.15) is 60.8 Å². The van der Waals surface area contributed by atoms with E-state index in [1.54, 1.807) is 42.3 Å². The van der Waals surface area contributed by atoms with Crippen molar-refractivity contribution in [1.82, 2.24) is 0 Å². The maximum atomic E-state index is 10.9. The molecule has 0 aliphatic carbocycles. The van der Waals surface area contributed by atoms with E-state index in [-0.39, 0.29) is 11.8 Å². The summed E-state index contributed by atoms with van der Waals surface area (Å²) in [5.74, 6) is 2.06. The molecular weight excluding hydrogens is 568 g/mol. The average molecular weight is 615 g/mol. The van der Waals surface area contributed by atoms with Crippen molar-refractivity contribution in [3.63, 3.8) is 0 Å². The fourth-order valence-corrected chi connectivity index (χ4v) is 6.11. The Morgan fingerprint density at radius 3 is 1.20 bits per heavy atom. The highest BCUT2D eigenvalue weighted by Crippen LogP contribution is 2.44. The van der Waals surface area contributed by atoms with Crippen LogP contribution in [-0.2, 0) is 4.74 Å². The highest BCUT2D eigenvalue weighted by Gasteiger charge is 2.37. The van der Waals surface area contributed by atoms with Gasteiger partial charge in [0.25, 0.3) is 0 Å². The molecule has 0 bridgehead atoms. The second kappa shape index (κ2) is 16.3. The van der Waals surface area contributed by atoms with Crippen molar-refractivity contribution in [3.8, 4) is 23.0 Å². The molecule has 0 saturated carbocycles. The number of hydrogen-bond acceptors (Lipinski definition) is 7. The van der Waals surface area contributed by atoms with E-state index in [9.17, 15) is 10.2 Å². The zero-order chi connectivity index (χ0) is 32.3. The summed E-state index contributed by atoms with van der Waals surface area (Å²) < 4.78 is 30.3. The normalized spacial score (nSPS) is 15.3. The lowest BCUT2D eigenvalue weighted by molar-refractivity contribution is -0.0637. The van der Waals surface area contributed by atoms with Crippen LogP contribution in [0.2, 0.25) is 0 Å². The molecule has 45 heavy (non-hydrogen) atoms. The quantitative estimate of drug-likeness (QED) is 0.141. The topological polar surface area (TPSA) is 86.6 Å². The van der Waals surface area contributed by atoms with Crippen LogP contribution in [0.3, 0.4) is 0 Å². The van der Waals surface area contributed by atoms with Crippen LogP contribution in [0, 0.1) is 0 Å². The van der Waals surface area contributed by atoms with E-state index in [0.717, 1.165) is 22.3 Å². The van der Waals surface area contributed by atoms with Gasteiger partial charge in [0.05, 0.1) is 52.9 Å². The Bertz CT molecular complexity index is 1340. The molecule has 0 fully saturated rings. The summed E-state index contributed by atoms with van der Waals surface area (Å²) in [6, 6.07) is 31.6. The number of ether oxygens (including phenoxy) is 5. The molecule has 0 spiro atoms. The van der Waals surface area contributed by atoms with Crippen molar-refractivity contribution >= 4 is 0 Å². The average Bonchev–Trinajstić information content (AvgIpc) is 3.05. The molecule has 4 aromatic carbocycles. The maximum absolute atomic E-state index is 10.9. The van der Waals surface area contributed by atoms with Gasteiger partial charge in [-0.25, -0.2) is 0 Å². The summed E-state index contributed by atoms with van der Waals surface area (Å²) in [6.45, 7) is 3.54. The first-order valence-electron chi connectivity index (χ1n) is 15.3. The van der Waals surface area contributed by atoms with Crippen LogP contribution in [0.25, 0.3) is 0 Å². The summed E-state index contributed by atoms with van der Waals surface area (Å²) >= 11 is 0. The van der Waals surface area contributed by atoms with Gasteiger partial charge in [-0.15, -0.1) is 0 Å². The van der Waals surface area contributed by atoms with Gasteiger partial charge in [0.2, 0.25) is 0 Å². The molecule has 6 unspecified atom stereocenters. The molecule has 240 valence electrons. The minimum absolute atomic E-state index is 0.326. The summed E-state index contributed by atoms with van der Waals surface area (Å²) in [5.41, 5.74) is 3.75. The molecule has 0 aromatic heterocycles. The molecule has 0 aliphatic heterocycles. The Morgan fingerprint density at radius 2 is 0.889 bits per heavy atom. The second-order valence-electron chi connectivity index (χ2n) is 11.4. The largest absolute Gasteiger partial charge is 0.497 e. The minimum atomic E-state index is -0.674. The smallest absolute Gasteiger partial charge is 0.123 e. The zero-order valence-electron chi connectivity index (χ0n) is 27.1. The highest BCUT2D eigenvalue weighted by molar-refractivity contribution is 5.49. The van der Waals surface area contributed by atoms with Gasteiger partial charge in [0, 0.05) is 35.8 Å². The summed E-state index contributed by atoms with van der Waals surface area (Å²) in [4.78, 5) is 0. The second-order valence-corrected chi connectivity index (χ2v) is 11.4. The third-order valence-corrected chi connectivity index (χ3v) is 8.10. The van der Waals surface area contributed by atoms with Crippen LogP contribution in [0.15, 0.2) is 97.1 Å². The molecule has 6 atom stereocenters. The molecule has 0 radical (unpaired) electrons. The van der Waals surface area contributed by atoms with Gasteiger partial charge in [-0.2, -0.15) is 0 Å². The van der Waals surface area contributed by atoms with E-state index in [2.05, 4.69) is 24.3 Å². The molecule has 7 nitrogen and oxygen atoms in total. The lowest BCUT2D eigenvalue weighted by Crippen LogP contribution is -2.36. The molecule has 4 rings (SSSR count). The lowest BCUT2D eigenvalue weighted by atomic mass is 9.81. The van der Waals surface area contributed by atoms with Crippen molar-refractivity contribution in [2.24, 2.45) is 0 Å². The van der Waals surface area contributed by atoms with Crippen molar-refractivity contribution < 1.29 is 33.9 Å². The van der Waals surface area contributed by atoms with Gasteiger partial charge in [-0.3, -0.25) is 0 Å². The van der Waals surface area contributed by atoms with Crippen LogP contribution in [0.5, 0.6) is 23.0 Å². The van der Waals surface area contributed by atoms with Gasteiger partial charge < -0.3 is 33.9 Å². The molecule has 4 aromatic rings. The third-order valence-electron chi connectivity index (χ3n) is 8.10. The van der Waals surface area contributed by atoms with Gasteiger partial charge in [-0.05, 0) is 61.4 Å². The van der Waals surface area contributed by atoms with Crippen LogP contribution >= 0.6 is 0 Å². The van der Waals surface area contributed by atoms with Crippen LogP contribution < -0.4 is 18.9 Å². The van der Waals surface area contributed by atoms with E-state index >= 15 is 0 Å². The Hall–Kier alpha value is -4.04. The number of aliphatic hydroxyl groups excluding tert-OH is 2. The first kappa shape index (κ1) is 33.8. The molecule has 0 heterocycles. The monoisotopic (exact) mass is 614 g/mol. The molecule has 0 saturated heterocycles. The number of aliphatic hydroxyl groups is 2. The van der Waals surface area contributed by atoms with Gasteiger partial charge in [0.1, 0.15) is 23.0 Å². The Morgan fingerprint density at radius 1 is 0.511 bits per heavy atom. The number of hydrogen-bond donors (Lipinski definition) is 2. The van der Waals surface area contributed by atoms with Crippen molar-refractivity contribution in [2.75, 3.05) is 28.4 Å². The molecule has 2 N–H and O–H groups in total. The standard InChI is InChI=1S/C38H46O7/c1-25(39)21-35(37(27-13-9-7-10-14-27)31-23-29(41-3)17-19-33(31)43-5)45-36(22-26(2)40)38(28-15-11-8-12-16-28)32-24-30(42-4)18-20-34(32)44-6/h7-20,23-26,35-40H,21-22H2,1-6H3.